The van der Waals surface area contributed by atoms with E-state index in [0.717, 1.165) is 29.0 Å². The van der Waals surface area contributed by atoms with Gasteiger partial charge in [-0.05, 0) is 0 Å². The van der Waals surface area contributed by atoms with Crippen LogP contribution in [0.2, 0.25) is 0 Å². The Hall–Kier alpha value is -1.84. The van der Waals surface area contributed by atoms with Gasteiger partial charge in [-0.15, -0.1) is 0 Å². The molecule has 0 aliphatic rings. The van der Waals surface area contributed by atoms with Crippen molar-refractivity contribution in [1.82, 2.24) is 7.96 Å². The zero-order valence-electron chi connectivity index (χ0n) is 12.0. The number of hydrogen-bond donors (Lipinski definition) is 1. The van der Waals surface area contributed by atoms with Crippen LogP contribution in [0.25, 0.3) is 11.0 Å². The minimum atomic E-state index is 0.00510. The van der Waals surface area contributed by atoms with Gasteiger partial charge >= 0.3 is 130 Å². The van der Waals surface area contributed by atoms with Crippen LogP contribution in [0, 0.1) is 0 Å². The van der Waals surface area contributed by atoms with Gasteiger partial charge in [0, 0.05) is 0 Å². The van der Waals surface area contributed by atoms with Gasteiger partial charge in [-0.3, -0.25) is 0 Å². The average Bonchev–Trinajstić information content (AvgIpc) is 2.93. The van der Waals surface area contributed by atoms with Crippen LogP contribution >= 0.6 is 0 Å². The molecule has 0 amide bonds. The van der Waals surface area contributed by atoms with E-state index in [1.165, 1.54) is 5.56 Å². The van der Waals surface area contributed by atoms with Gasteiger partial charge in [-0.25, -0.2) is 0 Å². The van der Waals surface area contributed by atoms with Gasteiger partial charge < -0.3 is 0 Å². The van der Waals surface area contributed by atoms with Crippen molar-refractivity contribution in [3.8, 4) is 5.75 Å². The molecule has 0 spiro atoms. The predicted octanol–water partition coefficient (Wildman–Crippen LogP) is 3.09. The van der Waals surface area contributed by atoms with Crippen molar-refractivity contribution < 1.29 is 4.74 Å². The molecule has 0 aliphatic carbocycles. The molecule has 1 N–H and O–H groups in total. The van der Waals surface area contributed by atoms with E-state index in [0.29, 0.717) is 0 Å². The monoisotopic (exact) mass is 347 g/mol. The maximum atomic E-state index is 5.72. The number of hydrogen-bond acceptors (Lipinski definition) is 4. The van der Waals surface area contributed by atoms with Gasteiger partial charge in [-0.1, -0.05) is 0 Å². The topological polar surface area (TPSA) is 47.0 Å². The standard InChI is InChI=1S/C16H17N3OSe/c1-11(2)20-13-6-3-5-12(9-13)10-17-14-7-4-8-15-16(14)19-21-18-15/h3-9,11,17H,10H2,1-2H3. The molecule has 0 unspecified atom stereocenters. The van der Waals surface area contributed by atoms with Crippen LogP contribution in [-0.4, -0.2) is 29.0 Å². The number of aromatic nitrogens is 2. The third kappa shape index (κ3) is 3.43. The molecule has 1 heterocycles. The second-order valence-electron chi connectivity index (χ2n) is 5.11. The summed E-state index contributed by atoms with van der Waals surface area (Å²) >= 11 is 0.00510. The Morgan fingerprint density at radius 1 is 1.14 bits per heavy atom. The van der Waals surface area contributed by atoms with Crippen LogP contribution < -0.4 is 10.1 Å². The summed E-state index contributed by atoms with van der Waals surface area (Å²) < 4.78 is 14.6. The molecule has 1 aromatic heterocycles. The summed E-state index contributed by atoms with van der Waals surface area (Å²) in [6.07, 6.45) is 0.188. The Labute approximate surface area is 130 Å². The van der Waals surface area contributed by atoms with Crippen LogP contribution in [0.3, 0.4) is 0 Å². The van der Waals surface area contributed by atoms with Crippen LogP contribution in [0.15, 0.2) is 42.5 Å². The number of benzene rings is 2. The van der Waals surface area contributed by atoms with Crippen LogP contribution in [-0.2, 0) is 6.54 Å². The van der Waals surface area contributed by atoms with Gasteiger partial charge in [0.05, 0.1) is 0 Å². The summed E-state index contributed by atoms with van der Waals surface area (Å²) in [5.41, 5.74) is 4.22. The molecule has 0 aliphatic heterocycles. The molecule has 108 valence electrons. The van der Waals surface area contributed by atoms with Gasteiger partial charge in [0.25, 0.3) is 0 Å². The Kier molecular flexibility index (Phi) is 4.23. The first kappa shape index (κ1) is 14.1. The molecule has 3 aromatic rings. The fourth-order valence-corrected chi connectivity index (χ4v) is 3.30. The number of ether oxygens (including phenoxy) is 1. The average molecular weight is 346 g/mol. The number of anilines is 1. The van der Waals surface area contributed by atoms with E-state index in [1.54, 1.807) is 0 Å². The van der Waals surface area contributed by atoms with Gasteiger partial charge in [0.2, 0.25) is 0 Å². The summed E-state index contributed by atoms with van der Waals surface area (Å²) in [6, 6.07) is 14.2. The molecule has 21 heavy (non-hydrogen) atoms. The minimum absolute atomic E-state index is 0.00510. The zero-order chi connectivity index (χ0) is 14.7. The molecule has 0 radical (unpaired) electrons. The van der Waals surface area contributed by atoms with E-state index in [-0.39, 0.29) is 21.1 Å². The molecule has 0 saturated heterocycles. The van der Waals surface area contributed by atoms with Crippen molar-refractivity contribution in [2.45, 2.75) is 26.5 Å². The number of nitrogens with zero attached hydrogens (tertiary/aromatic N) is 2. The summed E-state index contributed by atoms with van der Waals surface area (Å²) in [7, 11) is 0. The Morgan fingerprint density at radius 2 is 2.00 bits per heavy atom. The summed E-state index contributed by atoms with van der Waals surface area (Å²) in [5.74, 6) is 0.908. The molecular formula is C16H17N3OSe. The fourth-order valence-electron chi connectivity index (χ4n) is 2.15. The van der Waals surface area contributed by atoms with Crippen molar-refractivity contribution in [3.63, 3.8) is 0 Å². The van der Waals surface area contributed by atoms with Crippen molar-refractivity contribution in [3.05, 3.63) is 48.0 Å². The summed E-state index contributed by atoms with van der Waals surface area (Å²) in [4.78, 5) is 0. The second-order valence-corrected chi connectivity index (χ2v) is 6.21. The molecule has 4 nitrogen and oxygen atoms in total. The van der Waals surface area contributed by atoms with E-state index in [1.807, 2.05) is 44.2 Å². The van der Waals surface area contributed by atoms with Crippen molar-refractivity contribution in [1.29, 1.82) is 0 Å². The van der Waals surface area contributed by atoms with Crippen LogP contribution in [0.5, 0.6) is 5.75 Å². The quantitative estimate of drug-likeness (QED) is 0.722. The number of fused-ring (bicyclic) bond motifs is 1. The fraction of sp³-hybridized carbons (Fsp3) is 0.250. The number of nitrogens with one attached hydrogen (secondary N) is 1. The summed E-state index contributed by atoms with van der Waals surface area (Å²) in [6.45, 7) is 4.81. The SMILES string of the molecule is CC(C)Oc1cccc(CNc2cccc3n[se]nc23)c1. The molecule has 0 fully saturated rings. The van der Waals surface area contributed by atoms with E-state index < -0.39 is 0 Å². The van der Waals surface area contributed by atoms with Crippen LogP contribution in [0.4, 0.5) is 5.69 Å². The molecule has 0 saturated carbocycles. The van der Waals surface area contributed by atoms with E-state index in [2.05, 4.69) is 25.4 Å². The molecule has 2 aromatic carbocycles. The molecule has 3 rings (SSSR count). The van der Waals surface area contributed by atoms with E-state index in [4.69, 9.17) is 4.74 Å². The Bertz CT molecular complexity index is 739. The van der Waals surface area contributed by atoms with Crippen molar-refractivity contribution in [2.24, 2.45) is 0 Å². The molecular weight excluding hydrogens is 329 g/mol. The first-order chi connectivity index (χ1) is 10.2. The zero-order valence-corrected chi connectivity index (χ0v) is 13.7. The Balaban J connectivity index is 1.74. The van der Waals surface area contributed by atoms with Gasteiger partial charge in [0.15, 0.2) is 0 Å². The van der Waals surface area contributed by atoms with E-state index >= 15 is 0 Å². The second kappa shape index (κ2) is 6.29. The normalized spacial score (nSPS) is 11.0. The number of rotatable bonds is 5. The van der Waals surface area contributed by atoms with Gasteiger partial charge in [-0.2, -0.15) is 0 Å². The van der Waals surface area contributed by atoms with E-state index in [9.17, 15) is 0 Å². The summed E-state index contributed by atoms with van der Waals surface area (Å²) in [5, 5.41) is 3.44. The van der Waals surface area contributed by atoms with Crippen molar-refractivity contribution >= 4 is 31.7 Å². The Morgan fingerprint density at radius 3 is 2.86 bits per heavy atom. The third-order valence-corrected chi connectivity index (χ3v) is 4.18. The molecule has 5 heteroatoms. The van der Waals surface area contributed by atoms with Gasteiger partial charge in [0.1, 0.15) is 0 Å². The van der Waals surface area contributed by atoms with Crippen LogP contribution in [0.1, 0.15) is 19.4 Å². The van der Waals surface area contributed by atoms with Crippen molar-refractivity contribution in [2.75, 3.05) is 5.32 Å². The first-order valence-corrected chi connectivity index (χ1v) is 8.46. The molecule has 0 bridgehead atoms. The maximum absolute atomic E-state index is 5.72. The first-order valence-electron chi connectivity index (χ1n) is 6.93. The third-order valence-electron chi connectivity index (χ3n) is 3.04. The molecule has 0 atom stereocenters. The predicted molar refractivity (Wildman–Crippen MR) is 86.0 cm³/mol.